The molecule has 1 amide bonds. The van der Waals surface area contributed by atoms with E-state index in [1.165, 1.54) is 30.3 Å². The minimum atomic E-state index is -4.41. The molecule has 0 fully saturated rings. The molecule has 0 saturated carbocycles. The lowest BCUT2D eigenvalue weighted by Crippen LogP contribution is -2.46. The maximum absolute atomic E-state index is 14.6. The van der Waals surface area contributed by atoms with E-state index in [0.29, 0.717) is 9.33 Å². The molecule has 1 atom stereocenters. The van der Waals surface area contributed by atoms with Crippen molar-refractivity contribution in [3.63, 3.8) is 0 Å². The predicted molar refractivity (Wildman–Crippen MR) is 109 cm³/mol. The first-order valence-electron chi connectivity index (χ1n) is 8.85. The first-order chi connectivity index (χ1) is 14.2. The van der Waals surface area contributed by atoms with E-state index in [9.17, 15) is 22.0 Å². The molecule has 0 aliphatic carbocycles. The number of halogens is 3. The summed E-state index contributed by atoms with van der Waals surface area (Å²) in [5.74, 6) is -2.52. The van der Waals surface area contributed by atoms with Gasteiger partial charge in [-0.3, -0.25) is 4.79 Å². The lowest BCUT2D eigenvalue weighted by molar-refractivity contribution is 0.0820. The van der Waals surface area contributed by atoms with Crippen molar-refractivity contribution >= 4 is 33.2 Å². The second kappa shape index (κ2) is 7.37. The number of carbonyl (C=O) groups is 1. The van der Waals surface area contributed by atoms with Gasteiger partial charge in [-0.2, -0.15) is 0 Å². The summed E-state index contributed by atoms with van der Waals surface area (Å²) in [6, 6.07) is 12.8. The van der Waals surface area contributed by atoms with Gasteiger partial charge in [0.25, 0.3) is 15.9 Å². The van der Waals surface area contributed by atoms with Gasteiger partial charge in [0, 0.05) is 10.6 Å². The molecule has 1 N–H and O–H groups in total. The Kier molecular flexibility index (Phi) is 4.99. The quantitative estimate of drug-likeness (QED) is 0.620. The van der Waals surface area contributed by atoms with E-state index in [2.05, 4.69) is 5.32 Å². The second-order valence-electron chi connectivity index (χ2n) is 6.82. The predicted octanol–water partition coefficient (Wildman–Crippen LogP) is 4.88. The van der Waals surface area contributed by atoms with Crippen LogP contribution in [0.3, 0.4) is 0 Å². The number of rotatable bonds is 3. The highest BCUT2D eigenvalue weighted by molar-refractivity contribution is 7.89. The van der Waals surface area contributed by atoms with Crippen molar-refractivity contribution in [2.75, 3.05) is 5.32 Å². The molecule has 4 rings (SSSR count). The molecule has 1 aliphatic heterocycles. The number of hydrogen-bond donors (Lipinski definition) is 1. The third-order valence-corrected chi connectivity index (χ3v) is 6.77. The summed E-state index contributed by atoms with van der Waals surface area (Å²) in [5.41, 5.74) is 0.758. The van der Waals surface area contributed by atoms with Gasteiger partial charge in [-0.25, -0.2) is 21.5 Å². The molecule has 9 heteroatoms. The molecule has 5 nitrogen and oxygen atoms in total. The number of amides is 1. The van der Waals surface area contributed by atoms with E-state index in [-0.39, 0.29) is 21.7 Å². The molecule has 3 aromatic carbocycles. The van der Waals surface area contributed by atoms with Crippen molar-refractivity contribution in [2.24, 2.45) is 0 Å². The fraction of sp³-hybridized carbons (Fsp3) is 0.0952. The number of aryl methyl sites for hydroxylation is 1. The van der Waals surface area contributed by atoms with Gasteiger partial charge in [0.1, 0.15) is 17.8 Å². The van der Waals surface area contributed by atoms with Gasteiger partial charge in [0.05, 0.1) is 16.1 Å². The molecule has 3 aromatic rings. The Balaban J connectivity index is 1.94. The van der Waals surface area contributed by atoms with Crippen molar-refractivity contribution in [3.8, 4) is 0 Å². The van der Waals surface area contributed by atoms with Gasteiger partial charge in [0.15, 0.2) is 0 Å². The van der Waals surface area contributed by atoms with Crippen molar-refractivity contribution in [1.29, 1.82) is 0 Å². The van der Waals surface area contributed by atoms with Crippen LogP contribution in [-0.2, 0) is 10.0 Å². The molecular formula is C21H15ClF2N2O3S. The van der Waals surface area contributed by atoms with Gasteiger partial charge in [-0.15, -0.1) is 0 Å². The van der Waals surface area contributed by atoms with Crippen LogP contribution in [-0.4, -0.2) is 18.6 Å². The van der Waals surface area contributed by atoms with E-state index in [1.54, 1.807) is 19.1 Å². The molecule has 0 saturated heterocycles. The average Bonchev–Trinajstić information content (AvgIpc) is 2.69. The van der Waals surface area contributed by atoms with Crippen LogP contribution in [0.25, 0.3) is 0 Å². The van der Waals surface area contributed by atoms with Crippen LogP contribution in [0.4, 0.5) is 14.5 Å². The summed E-state index contributed by atoms with van der Waals surface area (Å²) in [5, 5.41) is 3.12. The van der Waals surface area contributed by atoms with Crippen LogP contribution in [0.5, 0.6) is 0 Å². The standard InChI is InChI=1S/C21H15ClF2N2O3S/c1-12-2-6-15(7-3-12)30(28,29)26-20(17-11-14(23)5-9-18(17)24)25-19-10-13(22)4-8-16(19)21(26)27/h2-11,20,25H,1H3. The highest BCUT2D eigenvalue weighted by atomic mass is 35.5. The lowest BCUT2D eigenvalue weighted by Gasteiger charge is -2.37. The molecule has 0 bridgehead atoms. The third-order valence-electron chi connectivity index (χ3n) is 4.77. The summed E-state index contributed by atoms with van der Waals surface area (Å²) in [6.07, 6.45) is -1.51. The highest BCUT2D eigenvalue weighted by Gasteiger charge is 2.42. The Labute approximate surface area is 177 Å². The van der Waals surface area contributed by atoms with Crippen molar-refractivity contribution < 1.29 is 22.0 Å². The zero-order chi connectivity index (χ0) is 21.6. The second-order valence-corrected chi connectivity index (χ2v) is 9.07. The van der Waals surface area contributed by atoms with Crippen molar-refractivity contribution in [3.05, 3.63) is 94.0 Å². The normalized spacial score (nSPS) is 16.2. The Morgan fingerprint density at radius 2 is 1.70 bits per heavy atom. The SMILES string of the molecule is Cc1ccc(S(=O)(=O)N2C(=O)c3ccc(Cl)cc3NC2c2cc(F)ccc2F)cc1. The zero-order valence-electron chi connectivity index (χ0n) is 15.6. The Morgan fingerprint density at radius 3 is 2.40 bits per heavy atom. The largest absolute Gasteiger partial charge is 0.360 e. The number of benzene rings is 3. The minimum Gasteiger partial charge on any atom is -0.360 e. The van der Waals surface area contributed by atoms with Crippen LogP contribution in [0, 0.1) is 18.6 Å². The van der Waals surface area contributed by atoms with Gasteiger partial charge in [-0.05, 0) is 55.5 Å². The molecule has 0 spiro atoms. The topological polar surface area (TPSA) is 66.5 Å². The maximum Gasteiger partial charge on any atom is 0.271 e. The van der Waals surface area contributed by atoms with E-state index in [1.807, 2.05) is 0 Å². The van der Waals surface area contributed by atoms with Crippen molar-refractivity contribution in [2.45, 2.75) is 18.0 Å². The number of fused-ring (bicyclic) bond motifs is 1. The third kappa shape index (κ3) is 3.42. The summed E-state index contributed by atoms with van der Waals surface area (Å²) >= 11 is 5.99. The van der Waals surface area contributed by atoms with Gasteiger partial charge >= 0.3 is 0 Å². The van der Waals surface area contributed by atoms with Gasteiger partial charge < -0.3 is 5.32 Å². The van der Waals surface area contributed by atoms with Crippen LogP contribution in [0.15, 0.2) is 65.6 Å². The van der Waals surface area contributed by atoms with Crippen molar-refractivity contribution in [1.82, 2.24) is 4.31 Å². The first-order valence-corrected chi connectivity index (χ1v) is 10.7. The number of sulfonamides is 1. The number of nitrogens with zero attached hydrogens (tertiary/aromatic N) is 1. The highest BCUT2D eigenvalue weighted by Crippen LogP contribution is 2.39. The van der Waals surface area contributed by atoms with Gasteiger partial charge in [0.2, 0.25) is 0 Å². The summed E-state index contributed by atoms with van der Waals surface area (Å²) in [4.78, 5) is 13.1. The number of carbonyl (C=O) groups excluding carboxylic acids is 1. The summed E-state index contributed by atoms with van der Waals surface area (Å²) in [7, 11) is -4.41. The van der Waals surface area contributed by atoms with Crippen LogP contribution >= 0.6 is 11.6 Å². The van der Waals surface area contributed by atoms with Crippen LogP contribution in [0.2, 0.25) is 5.02 Å². The molecule has 30 heavy (non-hydrogen) atoms. The Hall–Kier alpha value is -2.97. The Morgan fingerprint density at radius 1 is 1.00 bits per heavy atom. The van der Waals surface area contributed by atoms with E-state index >= 15 is 0 Å². The Bertz CT molecular complexity index is 1260. The molecule has 1 aliphatic rings. The fourth-order valence-corrected chi connectivity index (χ4v) is 4.90. The number of nitrogens with one attached hydrogen (secondary N) is 1. The van der Waals surface area contributed by atoms with E-state index < -0.39 is 33.7 Å². The monoisotopic (exact) mass is 448 g/mol. The van der Waals surface area contributed by atoms with Crippen LogP contribution < -0.4 is 5.32 Å². The fourth-order valence-electron chi connectivity index (χ4n) is 3.26. The summed E-state index contributed by atoms with van der Waals surface area (Å²) < 4.78 is 55.8. The molecule has 154 valence electrons. The molecule has 0 aromatic heterocycles. The molecule has 0 radical (unpaired) electrons. The van der Waals surface area contributed by atoms with Gasteiger partial charge in [-0.1, -0.05) is 29.3 Å². The summed E-state index contributed by atoms with van der Waals surface area (Å²) in [6.45, 7) is 1.79. The van der Waals surface area contributed by atoms with E-state index in [4.69, 9.17) is 11.6 Å². The maximum atomic E-state index is 14.6. The number of hydrogen-bond acceptors (Lipinski definition) is 4. The molecule has 1 heterocycles. The average molecular weight is 449 g/mol. The zero-order valence-corrected chi connectivity index (χ0v) is 17.1. The number of anilines is 1. The lowest BCUT2D eigenvalue weighted by atomic mass is 10.1. The molecule has 1 unspecified atom stereocenters. The van der Waals surface area contributed by atoms with Crippen LogP contribution in [0.1, 0.15) is 27.7 Å². The minimum absolute atomic E-state index is 0.0446. The van der Waals surface area contributed by atoms with E-state index in [0.717, 1.165) is 23.8 Å². The smallest absolute Gasteiger partial charge is 0.271 e. The first kappa shape index (κ1) is 20.3. The molecular weight excluding hydrogens is 434 g/mol.